The van der Waals surface area contributed by atoms with Crippen LogP contribution in [0.3, 0.4) is 0 Å². The Balaban J connectivity index is 0.00000161. The van der Waals surface area contributed by atoms with Gasteiger partial charge >= 0.3 is 0 Å². The van der Waals surface area contributed by atoms with Crippen LogP contribution in [-0.4, -0.2) is 11.5 Å². The monoisotopic (exact) mass is 320 g/mol. The minimum Gasteiger partial charge on any atom is -0.358 e. The summed E-state index contributed by atoms with van der Waals surface area (Å²) in [4.78, 5) is 5.92. The van der Waals surface area contributed by atoms with E-state index < -0.39 is 0 Å². The summed E-state index contributed by atoms with van der Waals surface area (Å²) in [6.45, 7) is 4.50. The van der Waals surface area contributed by atoms with Gasteiger partial charge in [-0.25, -0.2) is 4.98 Å². The van der Waals surface area contributed by atoms with Crippen molar-refractivity contribution in [2.75, 3.05) is 11.9 Å². The molecule has 0 aliphatic heterocycles. The van der Waals surface area contributed by atoms with Crippen molar-refractivity contribution in [3.05, 3.63) is 59.6 Å². The molecule has 4 heteroatoms. The van der Waals surface area contributed by atoms with Crippen molar-refractivity contribution in [1.82, 2.24) is 4.98 Å². The van der Waals surface area contributed by atoms with E-state index >= 15 is 0 Å². The van der Waals surface area contributed by atoms with Crippen molar-refractivity contribution in [3.8, 4) is 0 Å². The lowest BCUT2D eigenvalue weighted by Crippen LogP contribution is -2.22. The molecule has 1 aliphatic carbocycles. The predicted molar refractivity (Wildman–Crippen MR) is 93.7 cm³/mol. The lowest BCUT2D eigenvalue weighted by molar-refractivity contribution is 0.545. The van der Waals surface area contributed by atoms with Crippen LogP contribution in [0, 0.1) is 0 Å². The zero-order chi connectivity index (χ0) is 13.8. The number of hydrogen-bond acceptors (Lipinski definition) is 3. The third kappa shape index (κ3) is 3.14. The molecule has 1 heterocycles. The standard InChI is InChI=1S/C17H20N2S.ClH/c1-2-12-18-16-19-13-15(20-16)17(10-6-7-11-17)14-8-4-3-5-9-14;/h2-5,8-9,13H,1,6-7,10-12H2,(H,18,19);1H. The fraction of sp³-hybridized carbons (Fsp3) is 0.353. The van der Waals surface area contributed by atoms with E-state index in [0.29, 0.717) is 0 Å². The SMILES string of the molecule is C=CCNc1ncc(C2(c3ccccc3)CCCC2)s1.Cl. The van der Waals surface area contributed by atoms with Gasteiger partial charge in [0, 0.05) is 23.0 Å². The van der Waals surface area contributed by atoms with Crippen molar-refractivity contribution in [2.45, 2.75) is 31.1 Å². The predicted octanol–water partition coefficient (Wildman–Crippen LogP) is 5.02. The molecule has 0 amide bonds. The smallest absolute Gasteiger partial charge is 0.183 e. The summed E-state index contributed by atoms with van der Waals surface area (Å²) >= 11 is 1.79. The molecular formula is C17H21ClN2S. The second-order valence-electron chi connectivity index (χ2n) is 5.35. The Morgan fingerprint density at radius 2 is 1.95 bits per heavy atom. The van der Waals surface area contributed by atoms with E-state index in [1.165, 1.54) is 36.1 Å². The van der Waals surface area contributed by atoms with Crippen molar-refractivity contribution < 1.29 is 0 Å². The average Bonchev–Trinajstić information content (AvgIpc) is 3.16. The summed E-state index contributed by atoms with van der Waals surface area (Å²) in [6, 6.07) is 10.9. The molecule has 1 aromatic heterocycles. The number of halogens is 1. The van der Waals surface area contributed by atoms with Crippen LogP contribution in [0.2, 0.25) is 0 Å². The average molecular weight is 321 g/mol. The molecule has 1 saturated carbocycles. The molecule has 1 aromatic carbocycles. The van der Waals surface area contributed by atoms with Gasteiger partial charge in [0.25, 0.3) is 0 Å². The Morgan fingerprint density at radius 3 is 2.62 bits per heavy atom. The van der Waals surface area contributed by atoms with Crippen LogP contribution < -0.4 is 5.32 Å². The fourth-order valence-electron chi connectivity index (χ4n) is 3.15. The molecule has 0 spiro atoms. The van der Waals surface area contributed by atoms with Gasteiger partial charge in [0.15, 0.2) is 5.13 Å². The van der Waals surface area contributed by atoms with Gasteiger partial charge in [0.1, 0.15) is 0 Å². The van der Waals surface area contributed by atoms with Crippen LogP contribution in [0.1, 0.15) is 36.1 Å². The topological polar surface area (TPSA) is 24.9 Å². The van der Waals surface area contributed by atoms with Crippen LogP contribution >= 0.6 is 23.7 Å². The molecule has 112 valence electrons. The zero-order valence-electron chi connectivity index (χ0n) is 12.0. The zero-order valence-corrected chi connectivity index (χ0v) is 13.7. The van der Waals surface area contributed by atoms with E-state index in [2.05, 4.69) is 53.4 Å². The Bertz CT molecular complexity index is 573. The first kappa shape index (κ1) is 16.1. The van der Waals surface area contributed by atoms with E-state index in [1.54, 1.807) is 11.3 Å². The van der Waals surface area contributed by atoms with Crippen molar-refractivity contribution in [3.63, 3.8) is 0 Å². The summed E-state index contributed by atoms with van der Waals surface area (Å²) in [6.07, 6.45) is 9.02. The molecular weight excluding hydrogens is 300 g/mol. The summed E-state index contributed by atoms with van der Waals surface area (Å²) < 4.78 is 0. The van der Waals surface area contributed by atoms with E-state index in [-0.39, 0.29) is 17.8 Å². The largest absolute Gasteiger partial charge is 0.358 e. The highest BCUT2D eigenvalue weighted by molar-refractivity contribution is 7.15. The molecule has 2 nitrogen and oxygen atoms in total. The highest BCUT2D eigenvalue weighted by Gasteiger charge is 2.38. The molecule has 3 rings (SSSR count). The highest BCUT2D eigenvalue weighted by Crippen LogP contribution is 2.48. The minimum absolute atomic E-state index is 0. The number of nitrogens with one attached hydrogen (secondary N) is 1. The molecule has 21 heavy (non-hydrogen) atoms. The van der Waals surface area contributed by atoms with Crippen molar-refractivity contribution in [2.24, 2.45) is 0 Å². The van der Waals surface area contributed by atoms with Gasteiger partial charge in [-0.05, 0) is 18.4 Å². The van der Waals surface area contributed by atoms with Gasteiger partial charge in [-0.1, -0.05) is 49.2 Å². The van der Waals surface area contributed by atoms with E-state index in [9.17, 15) is 0 Å². The molecule has 2 aromatic rings. The summed E-state index contributed by atoms with van der Waals surface area (Å²) in [7, 11) is 0. The number of thiazole rings is 1. The summed E-state index contributed by atoms with van der Waals surface area (Å²) in [5.41, 5.74) is 1.63. The lowest BCUT2D eigenvalue weighted by atomic mass is 9.78. The molecule has 0 unspecified atom stereocenters. The highest BCUT2D eigenvalue weighted by atomic mass is 35.5. The molecule has 1 N–H and O–H groups in total. The first-order valence-corrected chi connectivity index (χ1v) is 8.03. The van der Waals surface area contributed by atoms with Gasteiger partial charge in [-0.3, -0.25) is 0 Å². The van der Waals surface area contributed by atoms with Crippen LogP contribution in [0.25, 0.3) is 0 Å². The third-order valence-corrected chi connectivity index (χ3v) is 5.32. The Kier molecular flexibility index (Phi) is 5.43. The van der Waals surface area contributed by atoms with Crippen molar-refractivity contribution >= 4 is 28.9 Å². The Morgan fingerprint density at radius 1 is 1.24 bits per heavy atom. The van der Waals surface area contributed by atoms with Crippen LogP contribution in [0.4, 0.5) is 5.13 Å². The van der Waals surface area contributed by atoms with Crippen molar-refractivity contribution in [1.29, 1.82) is 0 Å². The Hall–Kier alpha value is -1.32. The normalized spacial score (nSPS) is 16.2. The maximum Gasteiger partial charge on any atom is 0.183 e. The molecule has 0 saturated heterocycles. The van der Waals surface area contributed by atoms with Crippen LogP contribution in [0.5, 0.6) is 0 Å². The maximum absolute atomic E-state index is 4.53. The van der Waals surface area contributed by atoms with Crippen LogP contribution in [-0.2, 0) is 5.41 Å². The first-order valence-electron chi connectivity index (χ1n) is 7.22. The van der Waals surface area contributed by atoms with E-state index in [1.807, 2.05) is 6.08 Å². The molecule has 1 fully saturated rings. The fourth-order valence-corrected chi connectivity index (χ4v) is 4.24. The number of nitrogens with zero attached hydrogens (tertiary/aromatic N) is 1. The second-order valence-corrected chi connectivity index (χ2v) is 6.39. The Labute approximate surface area is 136 Å². The maximum atomic E-state index is 4.53. The quantitative estimate of drug-likeness (QED) is 0.782. The van der Waals surface area contributed by atoms with Gasteiger partial charge in [0.05, 0.1) is 0 Å². The van der Waals surface area contributed by atoms with Crippen LogP contribution in [0.15, 0.2) is 49.2 Å². The second kappa shape index (κ2) is 7.10. The van der Waals surface area contributed by atoms with Gasteiger partial charge in [-0.2, -0.15) is 0 Å². The first-order chi connectivity index (χ1) is 9.85. The number of aromatic nitrogens is 1. The summed E-state index contributed by atoms with van der Waals surface area (Å²) in [5, 5.41) is 4.30. The van der Waals surface area contributed by atoms with E-state index in [4.69, 9.17) is 0 Å². The minimum atomic E-state index is 0. The number of anilines is 1. The summed E-state index contributed by atoms with van der Waals surface area (Å²) in [5.74, 6) is 0. The van der Waals surface area contributed by atoms with Gasteiger partial charge in [-0.15, -0.1) is 30.3 Å². The molecule has 0 bridgehead atoms. The van der Waals surface area contributed by atoms with E-state index in [0.717, 1.165) is 11.7 Å². The molecule has 0 atom stereocenters. The molecule has 0 radical (unpaired) electrons. The van der Waals surface area contributed by atoms with Gasteiger partial charge < -0.3 is 5.32 Å². The number of hydrogen-bond donors (Lipinski definition) is 1. The number of benzene rings is 1. The lowest BCUT2D eigenvalue weighted by Gasteiger charge is -2.28. The van der Waals surface area contributed by atoms with Gasteiger partial charge in [0.2, 0.25) is 0 Å². The third-order valence-electron chi connectivity index (χ3n) is 4.16. The number of rotatable bonds is 5. The molecule has 1 aliphatic rings.